The fourth-order valence-electron chi connectivity index (χ4n) is 3.00. The minimum absolute atomic E-state index is 0.0323. The summed E-state index contributed by atoms with van der Waals surface area (Å²) < 4.78 is 7.36. The largest absolute Gasteiger partial charge is 0.504 e. The van der Waals surface area contributed by atoms with Gasteiger partial charge in [-0.3, -0.25) is 18.7 Å². The molecule has 1 aliphatic rings. The smallest absolute Gasteiger partial charge is 0.332 e. The van der Waals surface area contributed by atoms with Gasteiger partial charge in [0.25, 0.3) is 5.56 Å². The molecule has 126 valence electrons. The van der Waals surface area contributed by atoms with Crippen molar-refractivity contribution in [3.8, 4) is 11.5 Å². The Morgan fingerprint density at radius 2 is 1.92 bits per heavy atom. The molecule has 0 radical (unpaired) electrons. The third-order valence-electron chi connectivity index (χ3n) is 4.30. The molecule has 2 heterocycles. The van der Waals surface area contributed by atoms with E-state index in [0.29, 0.717) is 11.1 Å². The van der Waals surface area contributed by atoms with Crippen LogP contribution in [0, 0.1) is 0 Å². The molecule has 1 aromatic carbocycles. The number of carbonyl (C=O) groups excluding carboxylic acids is 1. The third kappa shape index (κ3) is 2.27. The van der Waals surface area contributed by atoms with Crippen LogP contribution in [0.3, 0.4) is 0 Å². The highest BCUT2D eigenvalue weighted by atomic mass is 16.5. The molecule has 8 nitrogen and oxygen atoms in total. The summed E-state index contributed by atoms with van der Waals surface area (Å²) in [7, 11) is 4.32. The average molecular weight is 331 g/mol. The van der Waals surface area contributed by atoms with Gasteiger partial charge in [-0.15, -0.1) is 0 Å². The molecule has 2 N–H and O–H groups in total. The molecular weight excluding hydrogens is 314 g/mol. The second-order valence-electron chi connectivity index (χ2n) is 5.70. The van der Waals surface area contributed by atoms with E-state index in [-0.39, 0.29) is 29.6 Å². The summed E-state index contributed by atoms with van der Waals surface area (Å²) in [5, 5.41) is 12.4. The lowest BCUT2D eigenvalue weighted by atomic mass is 9.86. The van der Waals surface area contributed by atoms with Crippen molar-refractivity contribution in [3.63, 3.8) is 0 Å². The highest BCUT2D eigenvalue weighted by molar-refractivity contribution is 5.94. The monoisotopic (exact) mass is 331 g/mol. The predicted octanol–water partition coefficient (Wildman–Crippen LogP) is 0.272. The van der Waals surface area contributed by atoms with E-state index in [1.807, 2.05) is 0 Å². The number of nitrogens with one attached hydrogen (secondary N) is 1. The number of carbonyl (C=O) groups is 1. The van der Waals surface area contributed by atoms with Gasteiger partial charge in [0.15, 0.2) is 11.5 Å². The second-order valence-corrected chi connectivity index (χ2v) is 5.70. The lowest BCUT2D eigenvalue weighted by molar-refractivity contribution is -0.116. The molecule has 0 saturated heterocycles. The topological polar surface area (TPSA) is 103 Å². The number of ether oxygens (including phenoxy) is 1. The van der Waals surface area contributed by atoms with Gasteiger partial charge in [0.1, 0.15) is 5.82 Å². The van der Waals surface area contributed by atoms with Crippen molar-refractivity contribution < 1.29 is 14.6 Å². The molecule has 1 amide bonds. The highest BCUT2D eigenvalue weighted by Gasteiger charge is 2.32. The summed E-state index contributed by atoms with van der Waals surface area (Å²) in [6.45, 7) is 0. The second kappa shape index (κ2) is 5.55. The molecule has 0 bridgehead atoms. The number of amides is 1. The predicted molar refractivity (Wildman–Crippen MR) is 86.7 cm³/mol. The first-order valence-electron chi connectivity index (χ1n) is 7.31. The number of hydrogen-bond donors (Lipinski definition) is 2. The number of anilines is 1. The van der Waals surface area contributed by atoms with Crippen LogP contribution in [0.25, 0.3) is 0 Å². The minimum Gasteiger partial charge on any atom is -0.504 e. The first-order chi connectivity index (χ1) is 11.3. The zero-order chi connectivity index (χ0) is 17.6. The van der Waals surface area contributed by atoms with Crippen LogP contribution in [0.2, 0.25) is 0 Å². The van der Waals surface area contributed by atoms with E-state index in [9.17, 15) is 19.5 Å². The number of benzene rings is 1. The number of hydrogen-bond acceptors (Lipinski definition) is 5. The fourth-order valence-corrected chi connectivity index (χ4v) is 3.00. The van der Waals surface area contributed by atoms with E-state index in [4.69, 9.17) is 4.74 Å². The van der Waals surface area contributed by atoms with Crippen LogP contribution >= 0.6 is 0 Å². The Kier molecular flexibility index (Phi) is 3.67. The van der Waals surface area contributed by atoms with Crippen LogP contribution in [0.1, 0.15) is 23.5 Å². The number of fused-ring (bicyclic) bond motifs is 1. The molecule has 1 aliphatic heterocycles. The van der Waals surface area contributed by atoms with E-state index in [0.717, 1.165) is 4.57 Å². The van der Waals surface area contributed by atoms with Gasteiger partial charge in [-0.25, -0.2) is 4.79 Å². The summed E-state index contributed by atoms with van der Waals surface area (Å²) in [4.78, 5) is 36.8. The molecule has 0 fully saturated rings. The summed E-state index contributed by atoms with van der Waals surface area (Å²) in [6.07, 6.45) is 0.0639. The Balaban J connectivity index is 2.29. The zero-order valence-corrected chi connectivity index (χ0v) is 13.5. The van der Waals surface area contributed by atoms with E-state index >= 15 is 0 Å². The van der Waals surface area contributed by atoms with Gasteiger partial charge in [-0.05, 0) is 17.7 Å². The van der Waals surface area contributed by atoms with Crippen LogP contribution in [0.4, 0.5) is 5.82 Å². The quantitative estimate of drug-likeness (QED) is 0.822. The van der Waals surface area contributed by atoms with E-state index in [1.165, 1.54) is 31.8 Å². The number of methoxy groups -OCH3 is 1. The van der Waals surface area contributed by atoms with E-state index in [1.54, 1.807) is 12.1 Å². The van der Waals surface area contributed by atoms with Crippen molar-refractivity contribution in [2.75, 3.05) is 12.4 Å². The standard InChI is InChI=1S/C16H17N3O5/c1-18-14-13(15(22)19(2)16(18)23)9(7-12(21)17-14)8-4-5-10(20)11(6-8)24-3/h4-6,9,20H,7H2,1-3H3,(H,17,21)/t9-/m1/s1. The molecule has 0 unspecified atom stereocenters. The Morgan fingerprint density at radius 1 is 1.21 bits per heavy atom. The van der Waals surface area contributed by atoms with Crippen molar-refractivity contribution in [1.29, 1.82) is 0 Å². The Labute approximate surface area is 136 Å². The van der Waals surface area contributed by atoms with Crippen LogP contribution < -0.4 is 21.3 Å². The van der Waals surface area contributed by atoms with Crippen molar-refractivity contribution in [2.45, 2.75) is 12.3 Å². The van der Waals surface area contributed by atoms with Gasteiger partial charge in [0.2, 0.25) is 5.91 Å². The SMILES string of the molecule is COc1cc([C@H]2CC(=O)Nc3c2c(=O)n(C)c(=O)n3C)ccc1O. The van der Waals surface area contributed by atoms with Crippen LogP contribution in [-0.4, -0.2) is 27.3 Å². The van der Waals surface area contributed by atoms with Crippen LogP contribution in [-0.2, 0) is 18.9 Å². The number of aromatic nitrogens is 2. The molecule has 0 aliphatic carbocycles. The maximum atomic E-state index is 12.6. The molecule has 0 saturated carbocycles. The number of phenolic OH excluding ortho intramolecular Hbond substituents is 1. The van der Waals surface area contributed by atoms with Crippen LogP contribution in [0.15, 0.2) is 27.8 Å². The van der Waals surface area contributed by atoms with E-state index in [2.05, 4.69) is 5.32 Å². The highest BCUT2D eigenvalue weighted by Crippen LogP contribution is 2.37. The molecule has 2 aromatic rings. The van der Waals surface area contributed by atoms with Crippen molar-refractivity contribution in [3.05, 3.63) is 50.2 Å². The molecule has 24 heavy (non-hydrogen) atoms. The van der Waals surface area contributed by atoms with Crippen LogP contribution in [0.5, 0.6) is 11.5 Å². The molecular formula is C16H17N3O5. The maximum absolute atomic E-state index is 12.6. The maximum Gasteiger partial charge on any atom is 0.332 e. The van der Waals surface area contributed by atoms with Gasteiger partial charge in [0, 0.05) is 26.4 Å². The number of nitrogens with zero attached hydrogens (tertiary/aromatic N) is 2. The summed E-state index contributed by atoms with van der Waals surface area (Å²) in [5.41, 5.74) is 0.0246. The first kappa shape index (κ1) is 15.9. The number of phenols is 1. The number of aromatic hydroxyl groups is 1. The fraction of sp³-hybridized carbons (Fsp3) is 0.312. The van der Waals surface area contributed by atoms with Crippen molar-refractivity contribution >= 4 is 11.7 Å². The van der Waals surface area contributed by atoms with Crippen molar-refractivity contribution in [2.24, 2.45) is 14.1 Å². The van der Waals surface area contributed by atoms with Gasteiger partial charge >= 0.3 is 5.69 Å². The Morgan fingerprint density at radius 3 is 2.58 bits per heavy atom. The molecule has 1 atom stereocenters. The Hall–Kier alpha value is -3.03. The molecule has 8 heteroatoms. The Bertz CT molecular complexity index is 957. The van der Waals surface area contributed by atoms with Gasteiger partial charge in [0.05, 0.1) is 12.7 Å². The summed E-state index contributed by atoms with van der Waals surface area (Å²) >= 11 is 0. The third-order valence-corrected chi connectivity index (χ3v) is 4.30. The lowest BCUT2D eigenvalue weighted by Crippen LogP contribution is -2.44. The zero-order valence-electron chi connectivity index (χ0n) is 13.5. The minimum atomic E-state index is -0.534. The first-order valence-corrected chi connectivity index (χ1v) is 7.31. The normalized spacial score (nSPS) is 16.5. The van der Waals surface area contributed by atoms with Gasteiger partial charge < -0.3 is 15.2 Å². The molecule has 0 spiro atoms. The number of rotatable bonds is 2. The average Bonchev–Trinajstić information content (AvgIpc) is 2.57. The van der Waals surface area contributed by atoms with Crippen molar-refractivity contribution in [1.82, 2.24) is 9.13 Å². The van der Waals surface area contributed by atoms with Gasteiger partial charge in [-0.1, -0.05) is 6.07 Å². The van der Waals surface area contributed by atoms with Gasteiger partial charge in [-0.2, -0.15) is 0 Å². The summed E-state index contributed by atoms with van der Waals surface area (Å²) in [6, 6.07) is 4.68. The lowest BCUT2D eigenvalue weighted by Gasteiger charge is -2.27. The molecule has 1 aromatic heterocycles. The summed E-state index contributed by atoms with van der Waals surface area (Å²) in [5.74, 6) is -0.398. The molecule has 3 rings (SSSR count). The van der Waals surface area contributed by atoms with E-state index < -0.39 is 17.2 Å².